The van der Waals surface area contributed by atoms with Gasteiger partial charge in [-0.3, -0.25) is 4.79 Å². The van der Waals surface area contributed by atoms with Crippen molar-refractivity contribution in [3.8, 4) is 0 Å². The van der Waals surface area contributed by atoms with Crippen molar-refractivity contribution in [1.82, 2.24) is 0 Å². The zero-order valence-electron chi connectivity index (χ0n) is 16.5. The number of nitrogens with one attached hydrogen (secondary N) is 2. The molecule has 2 aromatic rings. The van der Waals surface area contributed by atoms with Crippen LogP contribution >= 0.6 is 0 Å². The number of carbonyl (C=O) groups is 2. The zero-order chi connectivity index (χ0) is 20.4. The first kappa shape index (κ1) is 21.4. The van der Waals surface area contributed by atoms with Gasteiger partial charge in [0.05, 0.1) is 16.8 Å². The Morgan fingerprint density at radius 1 is 1.04 bits per heavy atom. The Bertz CT molecular complexity index is 805. The van der Waals surface area contributed by atoms with Gasteiger partial charge in [-0.15, -0.1) is 0 Å². The third-order valence-electron chi connectivity index (χ3n) is 4.39. The van der Waals surface area contributed by atoms with E-state index in [1.807, 2.05) is 18.2 Å². The number of amides is 1. The van der Waals surface area contributed by atoms with Crippen molar-refractivity contribution in [3.05, 3.63) is 59.2 Å². The minimum atomic E-state index is -1.08. The lowest BCUT2D eigenvalue weighted by Crippen LogP contribution is -2.17. The molecule has 2 rings (SSSR count). The summed E-state index contributed by atoms with van der Waals surface area (Å²) in [6.07, 6.45) is 3.71. The van der Waals surface area contributed by atoms with Crippen molar-refractivity contribution in [2.75, 3.05) is 30.9 Å². The molecule has 0 spiro atoms. The maximum absolute atomic E-state index is 13.0. The van der Waals surface area contributed by atoms with Gasteiger partial charge in [-0.2, -0.15) is 0 Å². The van der Waals surface area contributed by atoms with E-state index in [1.54, 1.807) is 25.3 Å². The van der Waals surface area contributed by atoms with E-state index in [1.165, 1.54) is 6.07 Å². The van der Waals surface area contributed by atoms with E-state index in [9.17, 15) is 14.7 Å². The van der Waals surface area contributed by atoms with Crippen molar-refractivity contribution < 1.29 is 19.4 Å². The first-order valence-corrected chi connectivity index (χ1v) is 9.56. The van der Waals surface area contributed by atoms with Gasteiger partial charge in [-0.05, 0) is 49.1 Å². The van der Waals surface area contributed by atoms with Crippen molar-refractivity contribution in [1.29, 1.82) is 0 Å². The molecule has 1 amide bonds. The quantitative estimate of drug-likeness (QED) is 0.499. The summed E-state index contributed by atoms with van der Waals surface area (Å²) in [4.78, 5) is 24.4. The molecule has 0 aromatic heterocycles. The molecule has 0 fully saturated rings. The molecule has 2 aromatic carbocycles. The predicted octanol–water partition coefficient (Wildman–Crippen LogP) is 4.43. The van der Waals surface area contributed by atoms with Crippen LogP contribution in [0.2, 0.25) is 0 Å². The summed E-state index contributed by atoms with van der Waals surface area (Å²) in [6, 6.07) is 12.2. The second kappa shape index (κ2) is 11.1. The number of aromatic carboxylic acids is 1. The lowest BCUT2D eigenvalue weighted by atomic mass is 10.0. The van der Waals surface area contributed by atoms with E-state index in [4.69, 9.17) is 4.74 Å². The summed E-state index contributed by atoms with van der Waals surface area (Å²) < 4.78 is 5.10. The molecule has 150 valence electrons. The number of hydrogen-bond acceptors (Lipinski definition) is 4. The van der Waals surface area contributed by atoms with Crippen molar-refractivity contribution in [3.63, 3.8) is 0 Å². The molecule has 0 saturated carbocycles. The van der Waals surface area contributed by atoms with E-state index in [0.717, 1.165) is 43.5 Å². The highest BCUT2D eigenvalue weighted by molar-refractivity contribution is 6.10. The fourth-order valence-corrected chi connectivity index (χ4v) is 2.88. The van der Waals surface area contributed by atoms with Crippen LogP contribution in [0.25, 0.3) is 0 Å². The average molecular weight is 384 g/mol. The Hall–Kier alpha value is -2.86. The molecule has 0 bridgehead atoms. The van der Waals surface area contributed by atoms with Gasteiger partial charge in [0, 0.05) is 25.9 Å². The number of methoxy groups -OCH3 is 1. The first-order chi connectivity index (χ1) is 13.6. The number of benzene rings is 2. The summed E-state index contributed by atoms with van der Waals surface area (Å²) in [6.45, 7) is 3.53. The van der Waals surface area contributed by atoms with E-state index < -0.39 is 5.97 Å². The number of rotatable bonds is 11. The Morgan fingerprint density at radius 2 is 1.82 bits per heavy atom. The van der Waals surface area contributed by atoms with Crippen LogP contribution in [0.3, 0.4) is 0 Å². The molecule has 28 heavy (non-hydrogen) atoms. The number of anilines is 2. The maximum Gasteiger partial charge on any atom is 0.337 e. The topological polar surface area (TPSA) is 87.7 Å². The summed E-state index contributed by atoms with van der Waals surface area (Å²) >= 11 is 0. The zero-order valence-corrected chi connectivity index (χ0v) is 16.5. The van der Waals surface area contributed by atoms with Gasteiger partial charge < -0.3 is 20.5 Å². The van der Waals surface area contributed by atoms with Crippen LogP contribution in [0.15, 0.2) is 42.5 Å². The fourth-order valence-electron chi connectivity index (χ4n) is 2.88. The molecule has 0 atom stereocenters. The Morgan fingerprint density at radius 3 is 2.54 bits per heavy atom. The summed E-state index contributed by atoms with van der Waals surface area (Å²) in [7, 11) is 1.67. The normalized spacial score (nSPS) is 10.5. The van der Waals surface area contributed by atoms with Gasteiger partial charge in [0.1, 0.15) is 0 Å². The molecule has 3 N–H and O–H groups in total. The number of para-hydroxylation sites is 1. The molecule has 0 unspecified atom stereocenters. The average Bonchev–Trinajstić information content (AvgIpc) is 2.69. The summed E-state index contributed by atoms with van der Waals surface area (Å²) in [5.41, 5.74) is 2.63. The molecule has 0 heterocycles. The monoisotopic (exact) mass is 384 g/mol. The van der Waals surface area contributed by atoms with Crippen LogP contribution in [-0.2, 0) is 11.2 Å². The second-order valence-electron chi connectivity index (χ2n) is 6.56. The van der Waals surface area contributed by atoms with E-state index in [0.29, 0.717) is 12.2 Å². The molecular weight excluding hydrogens is 356 g/mol. The van der Waals surface area contributed by atoms with Gasteiger partial charge in [-0.25, -0.2) is 4.79 Å². The largest absolute Gasteiger partial charge is 0.478 e. The molecule has 0 aliphatic rings. The number of aryl methyl sites for hydroxylation is 1. The van der Waals surface area contributed by atoms with E-state index in [-0.39, 0.29) is 17.2 Å². The van der Waals surface area contributed by atoms with Crippen molar-refractivity contribution in [2.45, 2.75) is 32.6 Å². The molecular formula is C22H28N2O4. The van der Waals surface area contributed by atoms with E-state index in [2.05, 4.69) is 17.6 Å². The van der Waals surface area contributed by atoms with Crippen LogP contribution in [0, 0.1) is 0 Å². The lowest BCUT2D eigenvalue weighted by molar-refractivity contribution is 0.0698. The van der Waals surface area contributed by atoms with Crippen LogP contribution in [-0.4, -0.2) is 37.2 Å². The number of carboxylic acids is 1. The van der Waals surface area contributed by atoms with Crippen LogP contribution in [0.4, 0.5) is 11.4 Å². The fraction of sp³-hybridized carbons (Fsp3) is 0.364. The SMILES string of the molecule is CCCCNc1ccc(CCCOC)cc1C(=O)Nc1ccccc1C(=O)O. The predicted molar refractivity (Wildman–Crippen MR) is 111 cm³/mol. The van der Waals surface area contributed by atoms with Gasteiger partial charge in [-0.1, -0.05) is 31.5 Å². The van der Waals surface area contributed by atoms with Gasteiger partial charge in [0.15, 0.2) is 0 Å². The number of carboxylic acid groups (broad SMARTS) is 1. The molecule has 6 heteroatoms. The molecule has 0 radical (unpaired) electrons. The highest BCUT2D eigenvalue weighted by Crippen LogP contribution is 2.22. The number of hydrogen-bond donors (Lipinski definition) is 3. The third kappa shape index (κ3) is 6.09. The number of carbonyl (C=O) groups excluding carboxylic acids is 1. The minimum absolute atomic E-state index is 0.0626. The standard InChI is InChI=1S/C22H28N2O4/c1-3-4-13-23-19-12-11-16(8-7-14-28-2)15-18(19)21(25)24-20-10-6-5-9-17(20)22(26)27/h5-6,9-12,15,23H,3-4,7-8,13-14H2,1-2H3,(H,24,25)(H,26,27). The Kier molecular flexibility index (Phi) is 8.49. The highest BCUT2D eigenvalue weighted by atomic mass is 16.5. The summed E-state index contributed by atoms with van der Waals surface area (Å²) in [5.74, 6) is -1.41. The highest BCUT2D eigenvalue weighted by Gasteiger charge is 2.16. The number of ether oxygens (including phenoxy) is 1. The lowest BCUT2D eigenvalue weighted by Gasteiger charge is -2.15. The maximum atomic E-state index is 13.0. The Labute approximate surface area is 165 Å². The van der Waals surface area contributed by atoms with Gasteiger partial charge >= 0.3 is 5.97 Å². The molecule has 0 aliphatic heterocycles. The second-order valence-corrected chi connectivity index (χ2v) is 6.56. The molecule has 6 nitrogen and oxygen atoms in total. The smallest absolute Gasteiger partial charge is 0.337 e. The van der Waals surface area contributed by atoms with Gasteiger partial charge in [0.25, 0.3) is 5.91 Å². The van der Waals surface area contributed by atoms with Crippen molar-refractivity contribution >= 4 is 23.3 Å². The van der Waals surface area contributed by atoms with Crippen LogP contribution in [0.5, 0.6) is 0 Å². The van der Waals surface area contributed by atoms with Crippen molar-refractivity contribution in [2.24, 2.45) is 0 Å². The first-order valence-electron chi connectivity index (χ1n) is 9.56. The van der Waals surface area contributed by atoms with Gasteiger partial charge in [0.2, 0.25) is 0 Å². The third-order valence-corrected chi connectivity index (χ3v) is 4.39. The van der Waals surface area contributed by atoms with E-state index >= 15 is 0 Å². The summed E-state index contributed by atoms with van der Waals surface area (Å²) in [5, 5.41) is 15.4. The minimum Gasteiger partial charge on any atom is -0.478 e. The number of unbranched alkanes of at least 4 members (excludes halogenated alkanes) is 1. The Balaban J connectivity index is 2.26. The molecule has 0 saturated heterocycles. The van der Waals surface area contributed by atoms with Crippen LogP contribution in [0.1, 0.15) is 52.5 Å². The molecule has 0 aliphatic carbocycles. The van der Waals surface area contributed by atoms with Crippen LogP contribution < -0.4 is 10.6 Å².